The zero-order valence-electron chi connectivity index (χ0n) is 14.8. The molecule has 0 aromatic carbocycles. The molecular formula is C18H25N3O4. The van der Waals surface area contributed by atoms with Crippen molar-refractivity contribution in [1.82, 2.24) is 15.3 Å². The van der Waals surface area contributed by atoms with E-state index in [4.69, 9.17) is 4.42 Å². The van der Waals surface area contributed by atoms with Crippen molar-refractivity contribution in [2.24, 2.45) is 5.92 Å². The third kappa shape index (κ3) is 5.29. The monoisotopic (exact) mass is 347 g/mol. The van der Waals surface area contributed by atoms with Crippen molar-refractivity contribution in [3.63, 3.8) is 0 Å². The molecule has 2 rings (SSSR count). The highest BCUT2D eigenvalue weighted by Crippen LogP contribution is 2.12. The molecule has 0 bridgehead atoms. The van der Waals surface area contributed by atoms with Crippen molar-refractivity contribution in [2.75, 3.05) is 6.61 Å². The SMILES string of the molecule is Cc1cc(CCC(C)C)oc(=O)c1C(=O)N[C@H](CO)Cc1cnc[nH]1. The van der Waals surface area contributed by atoms with Gasteiger partial charge in [0, 0.05) is 24.7 Å². The number of aromatic nitrogens is 2. The van der Waals surface area contributed by atoms with Gasteiger partial charge in [-0.3, -0.25) is 4.79 Å². The molecule has 3 N–H and O–H groups in total. The maximum Gasteiger partial charge on any atom is 0.349 e. The van der Waals surface area contributed by atoms with Crippen LogP contribution in [0.3, 0.4) is 0 Å². The van der Waals surface area contributed by atoms with Crippen LogP contribution in [-0.4, -0.2) is 33.6 Å². The Morgan fingerprint density at radius 3 is 2.76 bits per heavy atom. The van der Waals surface area contributed by atoms with Crippen molar-refractivity contribution in [1.29, 1.82) is 0 Å². The minimum atomic E-state index is -0.644. The van der Waals surface area contributed by atoms with Gasteiger partial charge in [0.15, 0.2) is 0 Å². The number of carbonyl (C=O) groups is 1. The third-order valence-electron chi connectivity index (χ3n) is 3.97. The Labute approximate surface area is 146 Å². The maximum atomic E-state index is 12.5. The first-order valence-corrected chi connectivity index (χ1v) is 8.43. The number of hydrogen-bond donors (Lipinski definition) is 3. The molecule has 2 aromatic heterocycles. The Morgan fingerprint density at radius 1 is 1.44 bits per heavy atom. The van der Waals surface area contributed by atoms with Crippen LogP contribution >= 0.6 is 0 Å². The number of hydrogen-bond acceptors (Lipinski definition) is 5. The van der Waals surface area contributed by atoms with E-state index in [2.05, 4.69) is 29.1 Å². The van der Waals surface area contributed by atoms with E-state index in [0.29, 0.717) is 30.1 Å². The van der Waals surface area contributed by atoms with Gasteiger partial charge in [-0.05, 0) is 30.9 Å². The molecule has 0 aliphatic carbocycles. The topological polar surface area (TPSA) is 108 Å². The second-order valence-corrected chi connectivity index (χ2v) is 6.62. The molecule has 136 valence electrons. The van der Waals surface area contributed by atoms with Crippen LogP contribution in [0.5, 0.6) is 0 Å². The number of rotatable bonds is 8. The number of nitrogens with one attached hydrogen (secondary N) is 2. The fraction of sp³-hybridized carbons (Fsp3) is 0.500. The maximum absolute atomic E-state index is 12.5. The Balaban J connectivity index is 2.11. The van der Waals surface area contributed by atoms with Gasteiger partial charge >= 0.3 is 5.63 Å². The molecule has 0 saturated heterocycles. The molecule has 0 aliphatic rings. The summed E-state index contributed by atoms with van der Waals surface area (Å²) in [6, 6.07) is 1.22. The minimum absolute atomic E-state index is 0.0173. The van der Waals surface area contributed by atoms with Crippen LogP contribution in [0.1, 0.15) is 47.6 Å². The number of H-pyrrole nitrogens is 1. The first kappa shape index (κ1) is 18.9. The number of amides is 1. The summed E-state index contributed by atoms with van der Waals surface area (Å²) in [5.41, 5.74) is 0.698. The molecule has 1 atom stereocenters. The van der Waals surface area contributed by atoms with Crippen molar-refractivity contribution >= 4 is 5.91 Å². The van der Waals surface area contributed by atoms with Crippen molar-refractivity contribution in [3.8, 4) is 0 Å². The van der Waals surface area contributed by atoms with E-state index in [1.54, 1.807) is 19.2 Å². The highest BCUT2D eigenvalue weighted by molar-refractivity contribution is 5.95. The Kier molecular flexibility index (Phi) is 6.52. The van der Waals surface area contributed by atoms with Crippen LogP contribution in [0.2, 0.25) is 0 Å². The Morgan fingerprint density at radius 2 is 2.20 bits per heavy atom. The second-order valence-electron chi connectivity index (χ2n) is 6.62. The highest BCUT2D eigenvalue weighted by atomic mass is 16.4. The predicted octanol–water partition coefficient (Wildman–Crippen LogP) is 1.59. The third-order valence-corrected chi connectivity index (χ3v) is 3.97. The first-order valence-electron chi connectivity index (χ1n) is 8.43. The highest BCUT2D eigenvalue weighted by Gasteiger charge is 2.20. The predicted molar refractivity (Wildman–Crippen MR) is 93.5 cm³/mol. The van der Waals surface area contributed by atoms with Gasteiger partial charge in [0.05, 0.1) is 19.0 Å². The van der Waals surface area contributed by atoms with Gasteiger partial charge in [-0.25, -0.2) is 9.78 Å². The molecule has 0 radical (unpaired) electrons. The van der Waals surface area contributed by atoms with E-state index in [1.165, 1.54) is 6.33 Å². The first-order chi connectivity index (χ1) is 11.9. The summed E-state index contributed by atoms with van der Waals surface area (Å²) in [4.78, 5) is 31.5. The number of aliphatic hydroxyl groups excluding tert-OH is 1. The van der Waals surface area contributed by atoms with Crippen LogP contribution in [0.25, 0.3) is 0 Å². The quantitative estimate of drug-likeness (QED) is 0.672. The summed E-state index contributed by atoms with van der Waals surface area (Å²) < 4.78 is 5.29. The van der Waals surface area contributed by atoms with Crippen LogP contribution in [0, 0.1) is 12.8 Å². The molecule has 1 amide bonds. The van der Waals surface area contributed by atoms with Gasteiger partial charge in [0.2, 0.25) is 0 Å². The number of imidazole rings is 1. The molecule has 7 nitrogen and oxygen atoms in total. The molecule has 2 aromatic rings. The number of aromatic amines is 1. The normalized spacial score (nSPS) is 12.4. The molecule has 0 saturated carbocycles. The molecule has 25 heavy (non-hydrogen) atoms. The fourth-order valence-corrected chi connectivity index (χ4v) is 2.58. The van der Waals surface area contributed by atoms with Crippen LogP contribution in [0.15, 0.2) is 27.8 Å². The Bertz CT molecular complexity index is 750. The standard InChI is InChI=1S/C18H25N3O4/c1-11(2)4-5-15-6-12(3)16(18(24)25-15)17(23)21-14(9-22)7-13-8-19-10-20-13/h6,8,10-11,14,22H,4-5,7,9H2,1-3H3,(H,19,20)(H,21,23)/t14-/m0/s1. The smallest absolute Gasteiger partial charge is 0.349 e. The van der Waals surface area contributed by atoms with E-state index in [1.807, 2.05) is 0 Å². The van der Waals surface area contributed by atoms with Crippen molar-refractivity contribution in [2.45, 2.75) is 46.1 Å². The van der Waals surface area contributed by atoms with Gasteiger partial charge in [0.1, 0.15) is 11.3 Å². The van der Waals surface area contributed by atoms with Gasteiger partial charge < -0.3 is 19.8 Å². The molecule has 2 heterocycles. The van der Waals surface area contributed by atoms with Gasteiger partial charge in [-0.1, -0.05) is 13.8 Å². The summed E-state index contributed by atoms with van der Waals surface area (Å²) in [6.07, 6.45) is 5.11. The van der Waals surface area contributed by atoms with Crippen LogP contribution in [0.4, 0.5) is 0 Å². The fourth-order valence-electron chi connectivity index (χ4n) is 2.58. The van der Waals surface area contributed by atoms with Crippen molar-refractivity contribution < 1.29 is 14.3 Å². The van der Waals surface area contributed by atoms with Crippen LogP contribution in [-0.2, 0) is 12.8 Å². The summed E-state index contributed by atoms with van der Waals surface area (Å²) in [7, 11) is 0. The lowest BCUT2D eigenvalue weighted by Crippen LogP contribution is -2.41. The number of aryl methyl sites for hydroxylation is 2. The molecule has 0 unspecified atom stereocenters. The number of carbonyl (C=O) groups excluding carboxylic acids is 1. The molecular weight excluding hydrogens is 322 g/mol. The zero-order valence-corrected chi connectivity index (χ0v) is 14.8. The van der Waals surface area contributed by atoms with E-state index in [-0.39, 0.29) is 12.2 Å². The lowest BCUT2D eigenvalue weighted by molar-refractivity contribution is 0.0911. The number of nitrogens with zero attached hydrogens (tertiary/aromatic N) is 1. The molecule has 7 heteroatoms. The van der Waals surface area contributed by atoms with Crippen molar-refractivity contribution in [3.05, 3.63) is 51.6 Å². The van der Waals surface area contributed by atoms with Gasteiger partial charge in [-0.15, -0.1) is 0 Å². The lowest BCUT2D eigenvalue weighted by Gasteiger charge is -2.16. The average molecular weight is 347 g/mol. The van der Waals surface area contributed by atoms with E-state index < -0.39 is 17.6 Å². The summed E-state index contributed by atoms with van der Waals surface area (Å²) in [5, 5.41) is 12.2. The molecule has 0 spiro atoms. The average Bonchev–Trinajstić information content (AvgIpc) is 3.04. The molecule has 0 aliphatic heterocycles. The van der Waals surface area contributed by atoms with E-state index >= 15 is 0 Å². The second kappa shape index (κ2) is 8.62. The molecule has 0 fully saturated rings. The zero-order chi connectivity index (χ0) is 18.4. The Hall–Kier alpha value is -2.41. The van der Waals surface area contributed by atoms with E-state index in [0.717, 1.165) is 12.1 Å². The largest absolute Gasteiger partial charge is 0.427 e. The number of aliphatic hydroxyl groups is 1. The summed E-state index contributed by atoms with van der Waals surface area (Å²) in [5.74, 6) is 0.547. The summed E-state index contributed by atoms with van der Waals surface area (Å²) in [6.45, 7) is 5.66. The summed E-state index contributed by atoms with van der Waals surface area (Å²) >= 11 is 0. The van der Waals surface area contributed by atoms with Gasteiger partial charge in [0.25, 0.3) is 5.91 Å². The minimum Gasteiger partial charge on any atom is -0.427 e. The lowest BCUT2D eigenvalue weighted by atomic mass is 10.0. The van der Waals surface area contributed by atoms with Crippen LogP contribution < -0.4 is 10.9 Å². The van der Waals surface area contributed by atoms with E-state index in [9.17, 15) is 14.7 Å². The van der Waals surface area contributed by atoms with Gasteiger partial charge in [-0.2, -0.15) is 0 Å².